The highest BCUT2D eigenvalue weighted by Gasteiger charge is 2.11. The maximum atomic E-state index is 13.0. The molecule has 104 valence electrons. The molecule has 20 heavy (non-hydrogen) atoms. The minimum atomic E-state index is -0.388. The van der Waals surface area contributed by atoms with Gasteiger partial charge in [0, 0.05) is 21.8 Å². The fourth-order valence-corrected chi connectivity index (χ4v) is 2.11. The van der Waals surface area contributed by atoms with Crippen molar-refractivity contribution in [1.82, 2.24) is 0 Å². The number of methoxy groups -OCH3 is 1. The molecule has 6 heteroatoms. The van der Waals surface area contributed by atoms with Crippen LogP contribution in [0.3, 0.4) is 0 Å². The molecule has 0 aliphatic rings. The molecule has 0 unspecified atom stereocenters. The van der Waals surface area contributed by atoms with Crippen LogP contribution in [0.15, 0.2) is 40.9 Å². The highest BCUT2D eigenvalue weighted by Crippen LogP contribution is 2.25. The average Bonchev–Trinajstić information content (AvgIpc) is 2.41. The van der Waals surface area contributed by atoms with Gasteiger partial charge < -0.3 is 15.8 Å². The quantitative estimate of drug-likeness (QED) is 0.842. The Bertz CT molecular complexity index is 662. The molecule has 0 atom stereocenters. The number of hydrogen-bond acceptors (Lipinski definition) is 3. The van der Waals surface area contributed by atoms with E-state index in [4.69, 9.17) is 10.5 Å². The summed E-state index contributed by atoms with van der Waals surface area (Å²) < 4.78 is 18.5. The lowest BCUT2D eigenvalue weighted by Gasteiger charge is -2.09. The summed E-state index contributed by atoms with van der Waals surface area (Å²) in [6.45, 7) is 0. The number of nitrogens with two attached hydrogens (primary N) is 1. The third-order valence-corrected chi connectivity index (χ3v) is 3.26. The second-order valence-electron chi connectivity index (χ2n) is 4.07. The van der Waals surface area contributed by atoms with Crippen molar-refractivity contribution < 1.29 is 13.9 Å². The Balaban J connectivity index is 2.26. The van der Waals surface area contributed by atoms with E-state index >= 15 is 0 Å². The van der Waals surface area contributed by atoms with Gasteiger partial charge in [-0.25, -0.2) is 4.39 Å². The first-order chi connectivity index (χ1) is 9.49. The summed E-state index contributed by atoms with van der Waals surface area (Å²) in [7, 11) is 1.49. The van der Waals surface area contributed by atoms with Gasteiger partial charge in [-0.05, 0) is 46.3 Å². The van der Waals surface area contributed by atoms with E-state index in [9.17, 15) is 9.18 Å². The first kappa shape index (κ1) is 14.3. The van der Waals surface area contributed by atoms with E-state index < -0.39 is 0 Å². The van der Waals surface area contributed by atoms with Crippen molar-refractivity contribution >= 4 is 33.2 Å². The lowest BCUT2D eigenvalue weighted by molar-refractivity contribution is 0.102. The first-order valence-corrected chi connectivity index (χ1v) is 6.50. The number of carbonyl (C=O) groups is 1. The largest absolute Gasteiger partial charge is 0.497 e. The number of nitrogens with one attached hydrogen (secondary N) is 1. The maximum absolute atomic E-state index is 13.0. The Hall–Kier alpha value is -2.08. The molecule has 3 N–H and O–H groups in total. The Kier molecular flexibility index (Phi) is 4.24. The molecule has 0 spiro atoms. The standard InChI is InChI=1S/C14H12BrFN2O2/c1-20-11-5-8(4-10(17)7-11)14(19)18-13-3-2-9(16)6-12(13)15/h2-7H,17H2,1H3,(H,18,19). The van der Waals surface area contributed by atoms with Crippen molar-refractivity contribution in [2.75, 3.05) is 18.2 Å². The molecule has 0 aliphatic heterocycles. The molecule has 2 rings (SSSR count). The van der Waals surface area contributed by atoms with Crippen molar-refractivity contribution in [3.05, 3.63) is 52.3 Å². The van der Waals surface area contributed by atoms with Crippen LogP contribution in [-0.2, 0) is 0 Å². The van der Waals surface area contributed by atoms with Crippen LogP contribution in [0.1, 0.15) is 10.4 Å². The number of halogens is 2. The van der Waals surface area contributed by atoms with Crippen LogP contribution in [0.2, 0.25) is 0 Å². The summed E-state index contributed by atoms with van der Waals surface area (Å²) in [5.41, 5.74) is 6.95. The second kappa shape index (κ2) is 5.92. The van der Waals surface area contributed by atoms with Crippen LogP contribution in [0.4, 0.5) is 15.8 Å². The minimum Gasteiger partial charge on any atom is -0.497 e. The lowest BCUT2D eigenvalue weighted by Crippen LogP contribution is -2.13. The van der Waals surface area contributed by atoms with Crippen molar-refractivity contribution in [2.24, 2.45) is 0 Å². The molecule has 0 radical (unpaired) electrons. The van der Waals surface area contributed by atoms with Gasteiger partial charge in [-0.2, -0.15) is 0 Å². The highest BCUT2D eigenvalue weighted by atomic mass is 79.9. The molecule has 2 aromatic rings. The van der Waals surface area contributed by atoms with Crippen LogP contribution in [0.25, 0.3) is 0 Å². The number of benzene rings is 2. The molecule has 0 heterocycles. The van der Waals surface area contributed by atoms with Gasteiger partial charge in [-0.1, -0.05) is 0 Å². The molecule has 0 aromatic heterocycles. The summed E-state index contributed by atoms with van der Waals surface area (Å²) in [4.78, 5) is 12.1. The summed E-state index contributed by atoms with van der Waals surface area (Å²) in [5, 5.41) is 2.67. The van der Waals surface area contributed by atoms with E-state index in [1.54, 1.807) is 12.1 Å². The zero-order valence-corrected chi connectivity index (χ0v) is 12.2. The molecular weight excluding hydrogens is 327 g/mol. The van der Waals surface area contributed by atoms with Gasteiger partial charge in [0.1, 0.15) is 11.6 Å². The van der Waals surface area contributed by atoms with Gasteiger partial charge in [0.2, 0.25) is 0 Å². The van der Waals surface area contributed by atoms with Crippen LogP contribution >= 0.6 is 15.9 Å². The fraction of sp³-hybridized carbons (Fsp3) is 0.0714. The van der Waals surface area contributed by atoms with E-state index in [0.29, 0.717) is 27.2 Å². The van der Waals surface area contributed by atoms with E-state index in [1.165, 1.54) is 31.4 Å². The number of amides is 1. The Morgan fingerprint density at radius 1 is 1.30 bits per heavy atom. The van der Waals surface area contributed by atoms with E-state index in [2.05, 4.69) is 21.2 Å². The monoisotopic (exact) mass is 338 g/mol. The average molecular weight is 339 g/mol. The van der Waals surface area contributed by atoms with Crippen molar-refractivity contribution in [1.29, 1.82) is 0 Å². The molecule has 0 aliphatic carbocycles. The molecule has 1 amide bonds. The first-order valence-electron chi connectivity index (χ1n) is 5.70. The van der Waals surface area contributed by atoms with Crippen LogP contribution < -0.4 is 15.8 Å². The smallest absolute Gasteiger partial charge is 0.255 e. The Labute approximate surface area is 123 Å². The number of nitrogen functional groups attached to an aromatic ring is 1. The predicted octanol–water partition coefficient (Wildman–Crippen LogP) is 3.43. The van der Waals surface area contributed by atoms with Gasteiger partial charge in [0.15, 0.2) is 0 Å². The van der Waals surface area contributed by atoms with Crippen molar-refractivity contribution in [2.45, 2.75) is 0 Å². The van der Waals surface area contributed by atoms with Gasteiger partial charge in [0.05, 0.1) is 12.8 Å². The van der Waals surface area contributed by atoms with Gasteiger partial charge in [-0.3, -0.25) is 4.79 Å². The molecule has 0 fully saturated rings. The summed E-state index contributed by atoms with van der Waals surface area (Å²) in [5.74, 6) is -0.253. The summed E-state index contributed by atoms with van der Waals surface area (Å²) in [6.07, 6.45) is 0. The van der Waals surface area contributed by atoms with Crippen LogP contribution in [-0.4, -0.2) is 13.0 Å². The fourth-order valence-electron chi connectivity index (χ4n) is 1.66. The minimum absolute atomic E-state index is 0.358. The van der Waals surface area contributed by atoms with Crippen molar-refractivity contribution in [3.63, 3.8) is 0 Å². The predicted molar refractivity (Wildman–Crippen MR) is 79.5 cm³/mol. The molecule has 0 saturated heterocycles. The molecule has 0 saturated carbocycles. The summed E-state index contributed by atoms with van der Waals surface area (Å²) >= 11 is 3.19. The molecule has 2 aromatic carbocycles. The van der Waals surface area contributed by atoms with Gasteiger partial charge >= 0.3 is 0 Å². The van der Waals surface area contributed by atoms with Gasteiger partial charge in [-0.15, -0.1) is 0 Å². The Morgan fingerprint density at radius 2 is 2.05 bits per heavy atom. The third kappa shape index (κ3) is 3.27. The highest BCUT2D eigenvalue weighted by molar-refractivity contribution is 9.10. The molecular formula is C14H12BrFN2O2. The van der Waals surface area contributed by atoms with E-state index in [0.717, 1.165) is 0 Å². The molecule has 4 nitrogen and oxygen atoms in total. The zero-order valence-electron chi connectivity index (χ0n) is 10.6. The van der Waals surface area contributed by atoms with E-state index in [-0.39, 0.29) is 11.7 Å². The van der Waals surface area contributed by atoms with E-state index in [1.807, 2.05) is 0 Å². The summed E-state index contributed by atoms with van der Waals surface area (Å²) in [6, 6.07) is 8.74. The number of anilines is 2. The normalized spacial score (nSPS) is 10.2. The van der Waals surface area contributed by atoms with Crippen LogP contribution in [0, 0.1) is 5.82 Å². The molecule has 0 bridgehead atoms. The lowest BCUT2D eigenvalue weighted by atomic mass is 10.1. The third-order valence-electron chi connectivity index (χ3n) is 2.61. The number of carbonyl (C=O) groups excluding carboxylic acids is 1. The van der Waals surface area contributed by atoms with Gasteiger partial charge in [0.25, 0.3) is 5.91 Å². The zero-order chi connectivity index (χ0) is 14.7. The topological polar surface area (TPSA) is 64.3 Å². The number of hydrogen-bond donors (Lipinski definition) is 2. The second-order valence-corrected chi connectivity index (χ2v) is 4.93. The van der Waals surface area contributed by atoms with Crippen LogP contribution in [0.5, 0.6) is 5.75 Å². The number of ether oxygens (including phenoxy) is 1. The SMILES string of the molecule is COc1cc(N)cc(C(=O)Nc2ccc(F)cc2Br)c1. The maximum Gasteiger partial charge on any atom is 0.255 e. The van der Waals surface area contributed by atoms with Crippen molar-refractivity contribution in [3.8, 4) is 5.75 Å². The number of rotatable bonds is 3. The Morgan fingerprint density at radius 3 is 2.70 bits per heavy atom.